The van der Waals surface area contributed by atoms with E-state index in [-0.39, 0.29) is 5.70 Å². The van der Waals surface area contributed by atoms with Crippen LogP contribution in [-0.2, 0) is 9.53 Å². The Bertz CT molecular complexity index is 209. The first-order valence-electron chi connectivity index (χ1n) is 3.47. The smallest absolute Gasteiger partial charge is 0.356 e. The fourth-order valence-corrected chi connectivity index (χ4v) is 0.714. The Labute approximate surface area is 76.8 Å². The van der Waals surface area contributed by atoms with Gasteiger partial charge in [0.1, 0.15) is 5.70 Å². The summed E-state index contributed by atoms with van der Waals surface area (Å²) in [4.78, 5) is 11.1. The van der Waals surface area contributed by atoms with Crippen LogP contribution in [0.15, 0.2) is 11.4 Å². The molecule has 0 spiro atoms. The number of nitrogens with two attached hydrogens (primary N) is 1. The number of carbonyl (C=O) groups is 1. The van der Waals surface area contributed by atoms with Crippen LogP contribution in [0.3, 0.4) is 0 Å². The molecule has 0 bridgehead atoms. The molecule has 0 rings (SSSR count). The van der Waals surface area contributed by atoms with Gasteiger partial charge in [0.15, 0.2) is 0 Å². The zero-order valence-corrected chi connectivity index (χ0v) is 7.90. The third kappa shape index (κ3) is 3.34. The summed E-state index contributed by atoms with van der Waals surface area (Å²) in [7, 11) is 0. The van der Waals surface area contributed by atoms with Crippen molar-refractivity contribution in [2.24, 2.45) is 5.73 Å². The molecule has 0 amide bonds. The van der Waals surface area contributed by atoms with Gasteiger partial charge in [0, 0.05) is 5.70 Å². The lowest BCUT2D eigenvalue weighted by atomic mass is 10.3. The minimum absolute atomic E-state index is 0.201. The van der Waals surface area contributed by atoms with Gasteiger partial charge in [-0.1, -0.05) is 12.2 Å². The van der Waals surface area contributed by atoms with Crippen molar-refractivity contribution in [1.29, 1.82) is 0 Å². The summed E-state index contributed by atoms with van der Waals surface area (Å²) in [6.07, 6.45) is 0. The Balaban J connectivity index is 4.42. The molecular weight excluding hydrogens is 176 g/mol. The summed E-state index contributed by atoms with van der Waals surface area (Å²) in [6.45, 7) is 3.63. The van der Waals surface area contributed by atoms with E-state index in [9.17, 15) is 4.79 Å². The molecule has 0 aromatic carbocycles. The quantitative estimate of drug-likeness (QED) is 0.377. The molecule has 0 aromatic heterocycles. The first kappa shape index (κ1) is 10.9. The molecule has 68 valence electrons. The number of hydrogen-bond acceptors (Lipinski definition) is 4. The maximum Gasteiger partial charge on any atom is 0.356 e. The van der Waals surface area contributed by atoms with Gasteiger partial charge in [-0.05, 0) is 13.8 Å². The number of ether oxygens (including phenoxy) is 1. The topological polar surface area (TPSA) is 64.3 Å². The number of esters is 1. The second-order valence-electron chi connectivity index (χ2n) is 2.04. The highest BCUT2D eigenvalue weighted by atomic mass is 32.1. The van der Waals surface area contributed by atoms with Crippen molar-refractivity contribution >= 4 is 23.7 Å². The van der Waals surface area contributed by atoms with Crippen LogP contribution < -0.4 is 11.1 Å². The van der Waals surface area contributed by atoms with E-state index in [1.165, 1.54) is 5.49 Å². The lowest BCUT2D eigenvalue weighted by Gasteiger charge is -2.06. The molecule has 0 aliphatic rings. The number of carbonyl (C=O) groups excluding carboxylic acids is 1. The minimum Gasteiger partial charge on any atom is -0.461 e. The van der Waals surface area contributed by atoms with Crippen LogP contribution in [0.4, 0.5) is 0 Å². The maximum atomic E-state index is 11.1. The molecule has 5 heteroatoms. The molecule has 3 N–H and O–H groups in total. The monoisotopic (exact) mass is 188 g/mol. The molecule has 0 atom stereocenters. The maximum absolute atomic E-state index is 11.1. The van der Waals surface area contributed by atoms with E-state index in [4.69, 9.17) is 10.5 Å². The predicted octanol–water partition coefficient (Wildman–Crippen LogP) is 0.287. The van der Waals surface area contributed by atoms with Crippen molar-refractivity contribution in [3.8, 4) is 0 Å². The van der Waals surface area contributed by atoms with E-state index in [0.29, 0.717) is 12.3 Å². The highest BCUT2D eigenvalue weighted by Gasteiger charge is 2.10. The second-order valence-corrected chi connectivity index (χ2v) is 2.28. The van der Waals surface area contributed by atoms with Crippen LogP contribution in [0.2, 0.25) is 0 Å². The third-order valence-electron chi connectivity index (χ3n) is 1.08. The van der Waals surface area contributed by atoms with Gasteiger partial charge in [-0.15, -0.1) is 0 Å². The lowest BCUT2D eigenvalue weighted by molar-refractivity contribution is -0.138. The van der Waals surface area contributed by atoms with Crippen LogP contribution in [-0.4, -0.2) is 18.1 Å². The first-order valence-corrected chi connectivity index (χ1v) is 3.94. The number of allylic oxidation sites excluding steroid dienone is 1. The average Bonchev–Trinajstić information content (AvgIpc) is 1.99. The SMILES string of the molecule is CCOC(=O)/C(NC=S)=C(\C)N. The molecule has 4 nitrogen and oxygen atoms in total. The van der Waals surface area contributed by atoms with E-state index >= 15 is 0 Å². The Hall–Kier alpha value is -1.10. The fourth-order valence-electron chi connectivity index (χ4n) is 0.596. The normalized spacial score (nSPS) is 11.5. The van der Waals surface area contributed by atoms with Crippen molar-refractivity contribution < 1.29 is 9.53 Å². The standard InChI is InChI=1S/C7H12N2O2S/c1-3-11-7(10)6(5(2)8)9-4-12/h4H,3,8H2,1-2H3,(H,9,12)/b6-5-. The van der Waals surface area contributed by atoms with Gasteiger partial charge in [-0.3, -0.25) is 0 Å². The number of hydrogen-bond donors (Lipinski definition) is 2. The van der Waals surface area contributed by atoms with Crippen molar-refractivity contribution in [1.82, 2.24) is 5.32 Å². The van der Waals surface area contributed by atoms with Gasteiger partial charge >= 0.3 is 5.97 Å². The number of rotatable bonds is 4. The van der Waals surface area contributed by atoms with E-state index in [1.54, 1.807) is 13.8 Å². The molecule has 0 radical (unpaired) electrons. The molecule has 0 fully saturated rings. The highest BCUT2D eigenvalue weighted by Crippen LogP contribution is 1.96. The van der Waals surface area contributed by atoms with Crippen molar-refractivity contribution in [3.05, 3.63) is 11.4 Å². The first-order chi connectivity index (χ1) is 5.63. The largest absolute Gasteiger partial charge is 0.461 e. The van der Waals surface area contributed by atoms with E-state index in [2.05, 4.69) is 17.5 Å². The Morgan fingerprint density at radius 3 is 2.67 bits per heavy atom. The van der Waals surface area contributed by atoms with Gasteiger partial charge in [0.25, 0.3) is 0 Å². The van der Waals surface area contributed by atoms with Crippen molar-refractivity contribution in [3.63, 3.8) is 0 Å². The van der Waals surface area contributed by atoms with Gasteiger partial charge in [0.05, 0.1) is 12.1 Å². The van der Waals surface area contributed by atoms with Gasteiger partial charge in [-0.25, -0.2) is 4.79 Å². The Kier molecular flexibility index (Phi) is 5.03. The molecule has 0 saturated heterocycles. The summed E-state index contributed by atoms with van der Waals surface area (Å²) in [6, 6.07) is 0. The zero-order chi connectivity index (χ0) is 9.56. The van der Waals surface area contributed by atoms with Crippen LogP contribution in [0.1, 0.15) is 13.8 Å². The molecular formula is C7H12N2O2S. The zero-order valence-electron chi connectivity index (χ0n) is 7.09. The molecule has 0 heterocycles. The molecule has 0 aliphatic heterocycles. The van der Waals surface area contributed by atoms with Crippen LogP contribution >= 0.6 is 12.2 Å². The molecule has 12 heavy (non-hydrogen) atoms. The molecule has 0 saturated carbocycles. The molecule has 0 unspecified atom stereocenters. The lowest BCUT2D eigenvalue weighted by Crippen LogP contribution is -2.24. The van der Waals surface area contributed by atoms with Crippen molar-refractivity contribution in [2.45, 2.75) is 13.8 Å². The minimum atomic E-state index is -0.487. The summed E-state index contributed by atoms with van der Waals surface area (Å²) in [5, 5.41) is 2.54. The summed E-state index contributed by atoms with van der Waals surface area (Å²) < 4.78 is 4.71. The Morgan fingerprint density at radius 1 is 1.75 bits per heavy atom. The average molecular weight is 188 g/mol. The van der Waals surface area contributed by atoms with Gasteiger partial charge in [-0.2, -0.15) is 0 Å². The van der Waals surface area contributed by atoms with Gasteiger partial charge < -0.3 is 15.8 Å². The number of thiocarbonyl (C=S) groups is 1. The Morgan fingerprint density at radius 2 is 2.33 bits per heavy atom. The van der Waals surface area contributed by atoms with Crippen LogP contribution in [0.5, 0.6) is 0 Å². The highest BCUT2D eigenvalue weighted by molar-refractivity contribution is 7.78. The van der Waals surface area contributed by atoms with Gasteiger partial charge in [0.2, 0.25) is 0 Å². The van der Waals surface area contributed by atoms with Crippen LogP contribution in [0.25, 0.3) is 0 Å². The summed E-state index contributed by atoms with van der Waals surface area (Å²) in [5.41, 5.74) is 7.17. The van der Waals surface area contributed by atoms with E-state index < -0.39 is 5.97 Å². The molecule has 0 aliphatic carbocycles. The second kappa shape index (κ2) is 5.54. The summed E-state index contributed by atoms with van der Waals surface area (Å²) >= 11 is 4.52. The summed E-state index contributed by atoms with van der Waals surface area (Å²) in [5.74, 6) is -0.487. The fraction of sp³-hybridized carbons (Fsp3) is 0.429. The van der Waals surface area contributed by atoms with E-state index in [0.717, 1.165) is 0 Å². The van der Waals surface area contributed by atoms with E-state index in [1.807, 2.05) is 0 Å². The third-order valence-corrected chi connectivity index (χ3v) is 1.20. The van der Waals surface area contributed by atoms with Crippen LogP contribution in [0, 0.1) is 0 Å². The predicted molar refractivity (Wildman–Crippen MR) is 50.3 cm³/mol. The number of nitrogens with one attached hydrogen (secondary N) is 1. The van der Waals surface area contributed by atoms with Crippen molar-refractivity contribution in [2.75, 3.05) is 6.61 Å². The molecule has 0 aromatic rings.